The average Bonchev–Trinajstić information content (AvgIpc) is 3.46. The van der Waals surface area contributed by atoms with Crippen LogP contribution in [0.15, 0.2) is 42.6 Å². The van der Waals surface area contributed by atoms with Crippen LogP contribution < -0.4 is 0 Å². The Hall–Kier alpha value is -3.22. The van der Waals surface area contributed by atoms with Gasteiger partial charge in [-0.15, -0.1) is 0 Å². The van der Waals surface area contributed by atoms with E-state index in [0.717, 1.165) is 60.4 Å². The predicted molar refractivity (Wildman–Crippen MR) is 116 cm³/mol. The first-order valence-electron chi connectivity index (χ1n) is 10.6. The molecule has 1 unspecified atom stereocenters. The Morgan fingerprint density at radius 1 is 1.23 bits per heavy atom. The van der Waals surface area contributed by atoms with E-state index in [9.17, 15) is 4.79 Å². The third kappa shape index (κ3) is 3.34. The summed E-state index contributed by atoms with van der Waals surface area (Å²) in [7, 11) is 0. The Morgan fingerprint density at radius 2 is 2.10 bits per heavy atom. The largest absolute Gasteiger partial charge is 0.337 e. The maximum atomic E-state index is 13.1. The van der Waals surface area contributed by atoms with Crippen LogP contribution in [-0.4, -0.2) is 48.6 Å². The molecule has 1 aliphatic rings. The SMILES string of the molecule is CC(C)Cn1c(CC2CCN(C(=O)c3n[nH]c4ccccc34)C2)nc2cccnc21. The van der Waals surface area contributed by atoms with Crippen molar-refractivity contribution in [1.29, 1.82) is 0 Å². The molecule has 0 aliphatic carbocycles. The van der Waals surface area contributed by atoms with Crippen molar-refractivity contribution < 1.29 is 4.79 Å². The second kappa shape index (κ2) is 7.55. The van der Waals surface area contributed by atoms with Gasteiger partial charge in [0.2, 0.25) is 0 Å². The number of imidazole rings is 1. The number of hydrogen-bond acceptors (Lipinski definition) is 4. The summed E-state index contributed by atoms with van der Waals surface area (Å²) in [5.74, 6) is 1.98. The topological polar surface area (TPSA) is 79.7 Å². The summed E-state index contributed by atoms with van der Waals surface area (Å²) in [6.45, 7) is 6.81. The number of fused-ring (bicyclic) bond motifs is 2. The van der Waals surface area contributed by atoms with Crippen LogP contribution in [0.1, 0.15) is 36.6 Å². The van der Waals surface area contributed by atoms with Crippen LogP contribution in [0.25, 0.3) is 22.1 Å². The van der Waals surface area contributed by atoms with Crippen molar-refractivity contribution in [2.45, 2.75) is 33.2 Å². The molecule has 3 aromatic heterocycles. The van der Waals surface area contributed by atoms with Gasteiger partial charge in [0.05, 0.1) is 5.52 Å². The zero-order chi connectivity index (χ0) is 20.7. The quantitative estimate of drug-likeness (QED) is 0.552. The van der Waals surface area contributed by atoms with Gasteiger partial charge in [0.15, 0.2) is 11.3 Å². The van der Waals surface area contributed by atoms with E-state index in [2.05, 4.69) is 33.6 Å². The molecule has 30 heavy (non-hydrogen) atoms. The number of likely N-dealkylation sites (tertiary alicyclic amines) is 1. The number of para-hydroxylation sites is 1. The van der Waals surface area contributed by atoms with Gasteiger partial charge in [0, 0.05) is 37.6 Å². The fourth-order valence-electron chi connectivity index (χ4n) is 4.44. The van der Waals surface area contributed by atoms with E-state index in [-0.39, 0.29) is 5.91 Å². The number of hydrogen-bond donors (Lipinski definition) is 1. The lowest BCUT2D eigenvalue weighted by atomic mass is 10.0. The van der Waals surface area contributed by atoms with Crippen LogP contribution in [0.3, 0.4) is 0 Å². The van der Waals surface area contributed by atoms with E-state index >= 15 is 0 Å². The molecule has 4 aromatic rings. The highest BCUT2D eigenvalue weighted by Crippen LogP contribution is 2.26. The molecule has 1 aromatic carbocycles. The maximum absolute atomic E-state index is 13.1. The standard InChI is InChI=1S/C23H26N6O/c1-15(2)13-29-20(25-19-8-5-10-24-22(19)29)12-16-9-11-28(14-16)23(30)21-17-6-3-4-7-18(17)26-27-21/h3-8,10,15-16H,9,11-14H2,1-2H3,(H,26,27). The molecule has 154 valence electrons. The Bertz CT molecular complexity index is 1210. The summed E-state index contributed by atoms with van der Waals surface area (Å²) in [5.41, 5.74) is 3.31. The Labute approximate surface area is 175 Å². The van der Waals surface area contributed by atoms with Gasteiger partial charge < -0.3 is 9.47 Å². The number of rotatable bonds is 5. The molecule has 1 aliphatic heterocycles. The molecule has 0 spiro atoms. The molecule has 1 N–H and O–H groups in total. The van der Waals surface area contributed by atoms with Gasteiger partial charge >= 0.3 is 0 Å². The fourth-order valence-corrected chi connectivity index (χ4v) is 4.44. The highest BCUT2D eigenvalue weighted by Gasteiger charge is 2.30. The van der Waals surface area contributed by atoms with Crippen molar-refractivity contribution in [2.75, 3.05) is 13.1 Å². The number of carbonyl (C=O) groups excluding carboxylic acids is 1. The summed E-state index contributed by atoms with van der Waals surface area (Å²) in [6, 6.07) is 11.7. The lowest BCUT2D eigenvalue weighted by Gasteiger charge is -2.16. The molecule has 4 heterocycles. The average molecular weight is 403 g/mol. The molecule has 0 bridgehead atoms. The summed E-state index contributed by atoms with van der Waals surface area (Å²) >= 11 is 0. The van der Waals surface area contributed by atoms with Gasteiger partial charge in [-0.25, -0.2) is 9.97 Å². The Kier molecular flexibility index (Phi) is 4.73. The molecular weight excluding hydrogens is 376 g/mol. The third-order valence-electron chi connectivity index (χ3n) is 5.85. The smallest absolute Gasteiger partial charge is 0.275 e. The van der Waals surface area contributed by atoms with Crippen LogP contribution in [0.2, 0.25) is 0 Å². The van der Waals surface area contributed by atoms with Crippen LogP contribution in [-0.2, 0) is 13.0 Å². The number of amides is 1. The van der Waals surface area contributed by atoms with E-state index in [1.165, 1.54) is 0 Å². The van der Waals surface area contributed by atoms with Crippen molar-refractivity contribution >= 4 is 28.0 Å². The van der Waals surface area contributed by atoms with Gasteiger partial charge in [-0.1, -0.05) is 32.0 Å². The lowest BCUT2D eigenvalue weighted by Crippen LogP contribution is -2.29. The summed E-state index contributed by atoms with van der Waals surface area (Å²) in [4.78, 5) is 24.4. The van der Waals surface area contributed by atoms with E-state index < -0.39 is 0 Å². The monoisotopic (exact) mass is 402 g/mol. The molecule has 0 radical (unpaired) electrons. The van der Waals surface area contributed by atoms with Gasteiger partial charge in [-0.3, -0.25) is 9.89 Å². The molecule has 1 amide bonds. The van der Waals surface area contributed by atoms with Crippen molar-refractivity contribution in [3.63, 3.8) is 0 Å². The third-order valence-corrected chi connectivity index (χ3v) is 5.85. The Balaban J connectivity index is 1.35. The summed E-state index contributed by atoms with van der Waals surface area (Å²) < 4.78 is 2.26. The first-order valence-corrected chi connectivity index (χ1v) is 10.6. The van der Waals surface area contributed by atoms with Crippen molar-refractivity contribution in [1.82, 2.24) is 29.6 Å². The minimum Gasteiger partial charge on any atom is -0.337 e. The van der Waals surface area contributed by atoms with E-state index in [1.807, 2.05) is 47.5 Å². The minimum atomic E-state index is 0.00676. The van der Waals surface area contributed by atoms with Gasteiger partial charge in [0.1, 0.15) is 11.3 Å². The van der Waals surface area contributed by atoms with Crippen LogP contribution >= 0.6 is 0 Å². The van der Waals surface area contributed by atoms with E-state index in [1.54, 1.807) is 0 Å². The van der Waals surface area contributed by atoms with E-state index in [0.29, 0.717) is 17.5 Å². The maximum Gasteiger partial charge on any atom is 0.275 e. The van der Waals surface area contributed by atoms with E-state index in [4.69, 9.17) is 4.98 Å². The van der Waals surface area contributed by atoms with Crippen molar-refractivity contribution in [3.05, 3.63) is 54.1 Å². The molecule has 7 heteroatoms. The van der Waals surface area contributed by atoms with Gasteiger partial charge in [-0.05, 0) is 36.5 Å². The molecule has 1 atom stereocenters. The zero-order valence-electron chi connectivity index (χ0n) is 17.4. The van der Waals surface area contributed by atoms with Crippen molar-refractivity contribution in [2.24, 2.45) is 11.8 Å². The van der Waals surface area contributed by atoms with Crippen LogP contribution in [0.4, 0.5) is 0 Å². The van der Waals surface area contributed by atoms with Gasteiger partial charge in [-0.2, -0.15) is 5.10 Å². The predicted octanol–water partition coefficient (Wildman–Crippen LogP) is 3.67. The number of nitrogens with one attached hydrogen (secondary N) is 1. The number of aromatic amines is 1. The second-order valence-electron chi connectivity index (χ2n) is 8.61. The molecule has 1 saturated heterocycles. The summed E-state index contributed by atoms with van der Waals surface area (Å²) in [6.07, 6.45) is 3.66. The molecule has 0 saturated carbocycles. The normalized spacial score (nSPS) is 16.9. The molecular formula is C23H26N6O. The number of aromatic nitrogens is 5. The number of pyridine rings is 1. The number of nitrogens with zero attached hydrogens (tertiary/aromatic N) is 5. The molecule has 5 rings (SSSR count). The summed E-state index contributed by atoms with van der Waals surface area (Å²) in [5, 5.41) is 8.13. The first-order chi connectivity index (χ1) is 14.6. The number of carbonyl (C=O) groups is 1. The Morgan fingerprint density at radius 3 is 2.97 bits per heavy atom. The second-order valence-corrected chi connectivity index (χ2v) is 8.61. The number of H-pyrrole nitrogens is 1. The first kappa shape index (κ1) is 18.8. The number of benzene rings is 1. The molecule has 1 fully saturated rings. The van der Waals surface area contributed by atoms with Crippen LogP contribution in [0.5, 0.6) is 0 Å². The molecule has 7 nitrogen and oxygen atoms in total. The fraction of sp³-hybridized carbons (Fsp3) is 0.391. The highest BCUT2D eigenvalue weighted by molar-refractivity contribution is 6.04. The zero-order valence-corrected chi connectivity index (χ0v) is 17.4. The minimum absolute atomic E-state index is 0.00676. The van der Waals surface area contributed by atoms with Gasteiger partial charge in [0.25, 0.3) is 5.91 Å². The van der Waals surface area contributed by atoms with Crippen LogP contribution in [0, 0.1) is 11.8 Å². The highest BCUT2D eigenvalue weighted by atomic mass is 16.2. The van der Waals surface area contributed by atoms with Crippen molar-refractivity contribution in [3.8, 4) is 0 Å². The lowest BCUT2D eigenvalue weighted by molar-refractivity contribution is 0.0783.